The summed E-state index contributed by atoms with van der Waals surface area (Å²) in [7, 11) is 0. The molecule has 5 atom stereocenters. The molecule has 6 heteroatoms. The summed E-state index contributed by atoms with van der Waals surface area (Å²) in [5.74, 6) is 0. The zero-order chi connectivity index (χ0) is 20.4. The van der Waals surface area contributed by atoms with Gasteiger partial charge in [-0.2, -0.15) is 0 Å². The summed E-state index contributed by atoms with van der Waals surface area (Å²) in [5, 5.41) is 40.1. The zero-order valence-electron chi connectivity index (χ0n) is 16.0. The number of aliphatic hydroxyl groups excluding tert-OH is 4. The van der Waals surface area contributed by atoms with Crippen LogP contribution in [0, 0.1) is 6.92 Å². The minimum Gasteiger partial charge on any atom is -0.395 e. The first-order chi connectivity index (χ1) is 13.3. The second kappa shape index (κ2) is 9.16. The lowest BCUT2D eigenvalue weighted by atomic mass is 9.92. The zero-order valence-corrected chi connectivity index (χ0v) is 17.6. The number of hydrogen-bond acceptors (Lipinski definition) is 5. The molecular weight excluding hydrogens is 396 g/mol. The molecule has 1 aliphatic rings. The molecule has 0 saturated carbocycles. The predicted molar refractivity (Wildman–Crippen MR) is 114 cm³/mol. The summed E-state index contributed by atoms with van der Waals surface area (Å²) in [6.45, 7) is 3.77. The van der Waals surface area contributed by atoms with Crippen LogP contribution in [0.25, 0.3) is 0 Å². The molecule has 4 N–H and O–H groups in total. The average Bonchev–Trinajstić information content (AvgIpc) is 2.69. The molecule has 1 saturated heterocycles. The number of thioether (sulfide) groups is 1. The minimum absolute atomic E-state index is 0.268. The Morgan fingerprint density at radius 1 is 0.964 bits per heavy atom. The van der Waals surface area contributed by atoms with Crippen molar-refractivity contribution in [2.24, 2.45) is 0 Å². The molecule has 152 valence electrons. The van der Waals surface area contributed by atoms with E-state index in [4.69, 9.17) is 11.6 Å². The monoisotopic (exact) mass is 422 g/mol. The second-order valence-corrected chi connectivity index (χ2v) is 9.19. The van der Waals surface area contributed by atoms with Crippen molar-refractivity contribution in [3.63, 3.8) is 0 Å². The topological polar surface area (TPSA) is 80.9 Å². The third kappa shape index (κ3) is 4.40. The standard InChI is InChI=1S/C22H27ClO4S/c1-3-13-4-6-14(7-5-13)9-15-10-16(12(2)8-17(15)23)22-21(27)20(26)19(25)18(11-24)28-22/h4-8,10,18-22,24-27H,3,9,11H2,1-2H3/t18-,19-,20+,21-,22+/m1/s1. The van der Waals surface area contributed by atoms with Crippen LogP contribution in [0.3, 0.4) is 0 Å². The van der Waals surface area contributed by atoms with Gasteiger partial charge in [0.05, 0.1) is 29.3 Å². The Hall–Kier alpha value is -1.08. The molecule has 0 spiro atoms. The predicted octanol–water partition coefficient (Wildman–Crippen LogP) is 3.03. The lowest BCUT2D eigenvalue weighted by Crippen LogP contribution is -2.51. The fourth-order valence-electron chi connectivity index (χ4n) is 3.65. The highest BCUT2D eigenvalue weighted by molar-refractivity contribution is 8.00. The van der Waals surface area contributed by atoms with Gasteiger partial charge in [0.25, 0.3) is 0 Å². The lowest BCUT2D eigenvalue weighted by molar-refractivity contribution is -0.0700. The van der Waals surface area contributed by atoms with Crippen molar-refractivity contribution in [1.29, 1.82) is 0 Å². The van der Waals surface area contributed by atoms with Crippen LogP contribution in [0.15, 0.2) is 36.4 Å². The van der Waals surface area contributed by atoms with Gasteiger partial charge in [-0.3, -0.25) is 0 Å². The van der Waals surface area contributed by atoms with Crippen LogP contribution in [0.5, 0.6) is 0 Å². The van der Waals surface area contributed by atoms with Gasteiger partial charge in [-0.15, -0.1) is 11.8 Å². The largest absolute Gasteiger partial charge is 0.395 e. The molecule has 2 aromatic rings. The van der Waals surface area contributed by atoms with E-state index in [2.05, 4.69) is 31.2 Å². The van der Waals surface area contributed by atoms with Crippen LogP contribution in [0.2, 0.25) is 5.02 Å². The smallest absolute Gasteiger partial charge is 0.108 e. The van der Waals surface area contributed by atoms with Crippen molar-refractivity contribution < 1.29 is 20.4 Å². The van der Waals surface area contributed by atoms with Crippen LogP contribution < -0.4 is 0 Å². The molecule has 0 amide bonds. The van der Waals surface area contributed by atoms with Gasteiger partial charge in [0.2, 0.25) is 0 Å². The first kappa shape index (κ1) is 21.6. The van der Waals surface area contributed by atoms with Gasteiger partial charge >= 0.3 is 0 Å². The van der Waals surface area contributed by atoms with Crippen LogP contribution in [0.1, 0.15) is 40.0 Å². The van der Waals surface area contributed by atoms with Gasteiger partial charge in [-0.05, 0) is 53.6 Å². The number of aryl methyl sites for hydroxylation is 2. The van der Waals surface area contributed by atoms with E-state index in [9.17, 15) is 20.4 Å². The number of benzene rings is 2. The van der Waals surface area contributed by atoms with E-state index in [1.54, 1.807) is 0 Å². The molecule has 1 aliphatic heterocycles. The first-order valence-electron chi connectivity index (χ1n) is 9.53. The first-order valence-corrected chi connectivity index (χ1v) is 10.8. The van der Waals surface area contributed by atoms with Gasteiger partial charge in [-0.1, -0.05) is 48.9 Å². The summed E-state index contributed by atoms with van der Waals surface area (Å²) in [4.78, 5) is 0. The molecule has 3 rings (SSSR count). The molecule has 0 aromatic heterocycles. The van der Waals surface area contributed by atoms with Crippen molar-refractivity contribution in [3.05, 3.63) is 69.2 Å². The fraction of sp³-hybridized carbons (Fsp3) is 0.455. The van der Waals surface area contributed by atoms with Gasteiger partial charge < -0.3 is 20.4 Å². The molecule has 2 aromatic carbocycles. The van der Waals surface area contributed by atoms with E-state index >= 15 is 0 Å². The molecule has 28 heavy (non-hydrogen) atoms. The third-order valence-corrected chi connectivity index (χ3v) is 7.42. The van der Waals surface area contributed by atoms with Crippen molar-refractivity contribution in [2.45, 2.75) is 55.5 Å². The Labute approximate surface area is 175 Å². The normalized spacial score (nSPS) is 27.8. The molecule has 0 unspecified atom stereocenters. The third-order valence-electron chi connectivity index (χ3n) is 5.46. The Morgan fingerprint density at radius 2 is 1.61 bits per heavy atom. The van der Waals surface area contributed by atoms with E-state index in [1.165, 1.54) is 17.3 Å². The summed E-state index contributed by atoms with van der Waals surface area (Å²) in [5.41, 5.74) is 5.15. The van der Waals surface area contributed by atoms with Crippen LogP contribution in [-0.2, 0) is 12.8 Å². The van der Waals surface area contributed by atoms with Crippen molar-refractivity contribution in [2.75, 3.05) is 6.61 Å². The summed E-state index contributed by atoms with van der Waals surface area (Å²) >= 11 is 7.79. The van der Waals surface area contributed by atoms with Crippen molar-refractivity contribution >= 4 is 23.4 Å². The van der Waals surface area contributed by atoms with Gasteiger partial charge in [0.1, 0.15) is 6.10 Å². The highest BCUT2D eigenvalue weighted by atomic mass is 35.5. The maximum absolute atomic E-state index is 10.6. The Bertz CT molecular complexity index is 809. The summed E-state index contributed by atoms with van der Waals surface area (Å²) in [6.07, 6.45) is -1.93. The second-order valence-electron chi connectivity index (χ2n) is 7.40. The minimum atomic E-state index is -1.30. The van der Waals surface area contributed by atoms with Gasteiger partial charge in [0.15, 0.2) is 0 Å². The van der Waals surface area contributed by atoms with E-state index in [-0.39, 0.29) is 6.61 Å². The maximum atomic E-state index is 10.6. The molecule has 1 heterocycles. The molecule has 0 aliphatic carbocycles. The maximum Gasteiger partial charge on any atom is 0.108 e. The quantitative estimate of drug-likeness (QED) is 0.595. The van der Waals surface area contributed by atoms with Crippen molar-refractivity contribution in [3.8, 4) is 0 Å². The van der Waals surface area contributed by atoms with Crippen LogP contribution in [-0.4, -0.2) is 50.6 Å². The number of halogens is 1. The summed E-state index contributed by atoms with van der Waals surface area (Å²) < 4.78 is 0. The molecule has 0 bridgehead atoms. The molecule has 1 fully saturated rings. The Morgan fingerprint density at radius 3 is 2.21 bits per heavy atom. The average molecular weight is 423 g/mol. The van der Waals surface area contributed by atoms with Crippen LogP contribution >= 0.6 is 23.4 Å². The highest BCUT2D eigenvalue weighted by Crippen LogP contribution is 2.45. The van der Waals surface area contributed by atoms with E-state index in [0.717, 1.165) is 28.7 Å². The number of hydrogen-bond donors (Lipinski definition) is 4. The SMILES string of the molecule is CCc1ccc(Cc2cc([C@@H]3S[C@H](CO)[C@@H](O)[C@H](O)[C@H]3O)c(C)cc2Cl)cc1. The molecule has 4 nitrogen and oxygen atoms in total. The Kier molecular flexibility index (Phi) is 7.07. The van der Waals surface area contributed by atoms with E-state index in [1.807, 2.05) is 19.1 Å². The van der Waals surface area contributed by atoms with E-state index in [0.29, 0.717) is 11.4 Å². The molecular formula is C22H27ClO4S. The fourth-order valence-corrected chi connectivity index (χ4v) is 5.44. The number of rotatable bonds is 5. The lowest BCUT2D eigenvalue weighted by Gasteiger charge is -2.40. The number of aliphatic hydroxyl groups is 4. The summed E-state index contributed by atoms with van der Waals surface area (Å²) in [6, 6.07) is 12.3. The van der Waals surface area contributed by atoms with Gasteiger partial charge in [-0.25, -0.2) is 0 Å². The van der Waals surface area contributed by atoms with E-state index < -0.39 is 28.8 Å². The van der Waals surface area contributed by atoms with Crippen molar-refractivity contribution in [1.82, 2.24) is 0 Å². The van der Waals surface area contributed by atoms with Gasteiger partial charge in [0, 0.05) is 5.02 Å². The Balaban J connectivity index is 1.92. The highest BCUT2D eigenvalue weighted by Gasteiger charge is 2.44. The molecule has 0 radical (unpaired) electrons. The van der Waals surface area contributed by atoms with Crippen LogP contribution in [0.4, 0.5) is 0 Å².